The number of rotatable bonds is 8. The first-order valence-electron chi connectivity index (χ1n) is 6.51. The van der Waals surface area contributed by atoms with Crippen molar-refractivity contribution in [1.82, 2.24) is 4.98 Å². The molecule has 0 aromatic carbocycles. The molecule has 1 aromatic heterocycles. The number of hydrogen-bond donors (Lipinski definition) is 1. The number of thiazole rings is 1. The van der Waals surface area contributed by atoms with Gasteiger partial charge in [-0.2, -0.15) is 0 Å². The smallest absolute Gasteiger partial charge is 0.183 e. The Morgan fingerprint density at radius 1 is 1.25 bits per heavy atom. The van der Waals surface area contributed by atoms with Gasteiger partial charge in [0.2, 0.25) is 0 Å². The van der Waals surface area contributed by atoms with Gasteiger partial charge in [-0.1, -0.05) is 40.0 Å². The molecule has 0 amide bonds. The van der Waals surface area contributed by atoms with Gasteiger partial charge in [-0.15, -0.1) is 11.3 Å². The fourth-order valence-electron chi connectivity index (χ4n) is 1.80. The van der Waals surface area contributed by atoms with Gasteiger partial charge >= 0.3 is 0 Å². The largest absolute Gasteiger partial charge is 0.359 e. The summed E-state index contributed by atoms with van der Waals surface area (Å²) in [6.45, 7) is 6.65. The SMILES string of the molecule is CCCCC(CCC)Nc1nc(CC)cs1. The molecule has 0 fully saturated rings. The maximum absolute atomic E-state index is 4.57. The van der Waals surface area contributed by atoms with E-state index >= 15 is 0 Å². The normalized spacial score (nSPS) is 12.7. The van der Waals surface area contributed by atoms with Crippen LogP contribution in [0.1, 0.15) is 58.6 Å². The molecule has 0 spiro atoms. The van der Waals surface area contributed by atoms with Gasteiger partial charge in [0.1, 0.15) is 0 Å². The summed E-state index contributed by atoms with van der Waals surface area (Å²) in [7, 11) is 0. The van der Waals surface area contributed by atoms with Crippen molar-refractivity contribution >= 4 is 16.5 Å². The van der Waals surface area contributed by atoms with Gasteiger partial charge < -0.3 is 5.32 Å². The second-order valence-corrected chi connectivity index (χ2v) is 5.13. The molecule has 0 saturated heterocycles. The third-order valence-electron chi connectivity index (χ3n) is 2.78. The number of anilines is 1. The van der Waals surface area contributed by atoms with Gasteiger partial charge in [0.25, 0.3) is 0 Å². The van der Waals surface area contributed by atoms with Crippen LogP contribution in [0.2, 0.25) is 0 Å². The lowest BCUT2D eigenvalue weighted by Gasteiger charge is -2.16. The van der Waals surface area contributed by atoms with Gasteiger partial charge in [-0.05, 0) is 19.3 Å². The zero-order chi connectivity index (χ0) is 11.8. The van der Waals surface area contributed by atoms with Crippen LogP contribution in [0, 0.1) is 0 Å². The summed E-state index contributed by atoms with van der Waals surface area (Å²) in [6, 6.07) is 0.612. The van der Waals surface area contributed by atoms with E-state index < -0.39 is 0 Å². The van der Waals surface area contributed by atoms with Crippen molar-refractivity contribution < 1.29 is 0 Å². The summed E-state index contributed by atoms with van der Waals surface area (Å²) >= 11 is 1.74. The zero-order valence-corrected chi connectivity index (χ0v) is 11.6. The maximum atomic E-state index is 4.57. The number of hydrogen-bond acceptors (Lipinski definition) is 3. The fraction of sp³-hybridized carbons (Fsp3) is 0.769. The molecule has 16 heavy (non-hydrogen) atoms. The third-order valence-corrected chi connectivity index (χ3v) is 3.61. The maximum Gasteiger partial charge on any atom is 0.183 e. The van der Waals surface area contributed by atoms with Crippen molar-refractivity contribution in [2.75, 3.05) is 5.32 Å². The zero-order valence-electron chi connectivity index (χ0n) is 10.8. The van der Waals surface area contributed by atoms with Crippen LogP contribution >= 0.6 is 11.3 Å². The lowest BCUT2D eigenvalue weighted by Crippen LogP contribution is -2.19. The monoisotopic (exact) mass is 240 g/mol. The number of nitrogens with one attached hydrogen (secondary N) is 1. The summed E-state index contributed by atoms with van der Waals surface area (Å²) in [4.78, 5) is 4.57. The average molecular weight is 240 g/mol. The molecule has 1 N–H and O–H groups in total. The molecule has 2 nitrogen and oxygen atoms in total. The molecule has 1 unspecified atom stereocenters. The molecule has 1 heterocycles. The Morgan fingerprint density at radius 3 is 2.62 bits per heavy atom. The van der Waals surface area contributed by atoms with Crippen LogP contribution in [0.4, 0.5) is 5.13 Å². The van der Waals surface area contributed by atoms with E-state index in [1.165, 1.54) is 37.8 Å². The molecule has 92 valence electrons. The minimum atomic E-state index is 0.612. The molecule has 0 aliphatic rings. The number of unbranched alkanes of at least 4 members (excludes halogenated alkanes) is 1. The molecular formula is C13H24N2S. The first-order valence-corrected chi connectivity index (χ1v) is 7.39. The molecule has 1 atom stereocenters. The fourth-order valence-corrected chi connectivity index (χ4v) is 2.67. The lowest BCUT2D eigenvalue weighted by molar-refractivity contribution is 0.564. The van der Waals surface area contributed by atoms with E-state index in [1.54, 1.807) is 11.3 Å². The van der Waals surface area contributed by atoms with E-state index in [2.05, 4.69) is 36.5 Å². The van der Waals surface area contributed by atoms with Crippen LogP contribution in [0.3, 0.4) is 0 Å². The lowest BCUT2D eigenvalue weighted by atomic mass is 10.1. The Balaban J connectivity index is 2.46. The Labute approximate surface area is 103 Å². The molecular weight excluding hydrogens is 216 g/mol. The van der Waals surface area contributed by atoms with Gasteiger partial charge in [0.15, 0.2) is 5.13 Å². The molecule has 1 aromatic rings. The highest BCUT2D eigenvalue weighted by molar-refractivity contribution is 7.13. The van der Waals surface area contributed by atoms with Gasteiger partial charge in [-0.25, -0.2) is 4.98 Å². The first kappa shape index (κ1) is 13.5. The van der Waals surface area contributed by atoms with Crippen LogP contribution in [0.5, 0.6) is 0 Å². The molecule has 0 bridgehead atoms. The second kappa shape index (κ2) is 7.66. The van der Waals surface area contributed by atoms with Crippen LogP contribution < -0.4 is 5.32 Å². The summed E-state index contributed by atoms with van der Waals surface area (Å²) in [5.41, 5.74) is 1.21. The van der Waals surface area contributed by atoms with Crippen LogP contribution in [-0.4, -0.2) is 11.0 Å². The van der Waals surface area contributed by atoms with Crippen molar-refractivity contribution in [3.8, 4) is 0 Å². The molecule has 0 saturated carbocycles. The molecule has 1 rings (SSSR count). The predicted molar refractivity (Wildman–Crippen MR) is 73.3 cm³/mol. The Hall–Kier alpha value is -0.570. The summed E-state index contributed by atoms with van der Waals surface area (Å²) in [5, 5.41) is 6.84. The van der Waals surface area contributed by atoms with E-state index in [0.29, 0.717) is 6.04 Å². The van der Waals surface area contributed by atoms with Crippen molar-refractivity contribution in [3.05, 3.63) is 11.1 Å². The highest BCUT2D eigenvalue weighted by Gasteiger charge is 2.09. The van der Waals surface area contributed by atoms with E-state index in [-0.39, 0.29) is 0 Å². The Bertz CT molecular complexity index is 283. The van der Waals surface area contributed by atoms with Crippen LogP contribution in [-0.2, 0) is 6.42 Å². The average Bonchev–Trinajstić information content (AvgIpc) is 2.74. The van der Waals surface area contributed by atoms with Crippen molar-refractivity contribution in [2.45, 2.75) is 65.3 Å². The number of aryl methyl sites for hydroxylation is 1. The highest BCUT2D eigenvalue weighted by Crippen LogP contribution is 2.19. The van der Waals surface area contributed by atoms with Gasteiger partial charge in [0, 0.05) is 11.4 Å². The minimum Gasteiger partial charge on any atom is -0.359 e. The Kier molecular flexibility index (Phi) is 6.46. The van der Waals surface area contributed by atoms with Gasteiger partial charge in [-0.3, -0.25) is 0 Å². The molecule has 0 aliphatic heterocycles. The van der Waals surface area contributed by atoms with E-state index in [9.17, 15) is 0 Å². The van der Waals surface area contributed by atoms with Crippen molar-refractivity contribution in [2.24, 2.45) is 0 Å². The quantitative estimate of drug-likeness (QED) is 0.725. The van der Waals surface area contributed by atoms with E-state index in [1.807, 2.05) is 0 Å². The van der Waals surface area contributed by atoms with E-state index in [4.69, 9.17) is 0 Å². The number of nitrogens with zero attached hydrogens (tertiary/aromatic N) is 1. The van der Waals surface area contributed by atoms with Crippen LogP contribution in [0.15, 0.2) is 5.38 Å². The summed E-state index contributed by atoms with van der Waals surface area (Å²) in [6.07, 6.45) is 7.38. The standard InChI is InChI=1S/C13H24N2S/c1-4-7-9-12(8-5-2)15-13-14-11(6-3)10-16-13/h10,12H,4-9H2,1-3H3,(H,14,15). The highest BCUT2D eigenvalue weighted by atomic mass is 32.1. The van der Waals surface area contributed by atoms with Crippen molar-refractivity contribution in [1.29, 1.82) is 0 Å². The van der Waals surface area contributed by atoms with E-state index in [0.717, 1.165) is 11.6 Å². The van der Waals surface area contributed by atoms with Crippen LogP contribution in [0.25, 0.3) is 0 Å². The predicted octanol–water partition coefficient (Wildman–Crippen LogP) is 4.48. The summed E-state index contributed by atoms with van der Waals surface area (Å²) < 4.78 is 0. The minimum absolute atomic E-state index is 0.612. The van der Waals surface area contributed by atoms with Crippen molar-refractivity contribution in [3.63, 3.8) is 0 Å². The number of aromatic nitrogens is 1. The molecule has 3 heteroatoms. The molecule has 0 aliphatic carbocycles. The third kappa shape index (κ3) is 4.52. The topological polar surface area (TPSA) is 24.9 Å². The molecule has 0 radical (unpaired) electrons. The first-order chi connectivity index (χ1) is 7.80. The van der Waals surface area contributed by atoms with Gasteiger partial charge in [0.05, 0.1) is 5.69 Å². The second-order valence-electron chi connectivity index (χ2n) is 4.27. The Morgan fingerprint density at radius 2 is 2.06 bits per heavy atom. The summed E-state index contributed by atoms with van der Waals surface area (Å²) in [5.74, 6) is 0.